The molecule has 0 unspecified atom stereocenters. The van der Waals surface area contributed by atoms with Crippen molar-refractivity contribution in [1.29, 1.82) is 0 Å². The van der Waals surface area contributed by atoms with Gasteiger partial charge in [-0.1, -0.05) is 50.0 Å². The summed E-state index contributed by atoms with van der Waals surface area (Å²) in [5.74, 6) is 2.74. The van der Waals surface area contributed by atoms with Crippen molar-refractivity contribution in [3.8, 4) is 11.5 Å². The SMILES string of the molecule is C[Si](C)(C)C#C[C@H](COCc1ccccc1)[C@@H](O)CO. The molecule has 2 atom stereocenters. The van der Waals surface area contributed by atoms with E-state index in [2.05, 4.69) is 31.1 Å². The zero-order valence-electron chi connectivity index (χ0n) is 12.5. The van der Waals surface area contributed by atoms with Crippen molar-refractivity contribution >= 4 is 8.07 Å². The molecule has 1 rings (SSSR count). The molecule has 0 aliphatic carbocycles. The first-order chi connectivity index (χ1) is 9.42. The Morgan fingerprint density at radius 1 is 1.20 bits per heavy atom. The maximum atomic E-state index is 9.79. The van der Waals surface area contributed by atoms with Gasteiger partial charge in [0.1, 0.15) is 8.07 Å². The Morgan fingerprint density at radius 2 is 1.85 bits per heavy atom. The van der Waals surface area contributed by atoms with Gasteiger partial charge in [0, 0.05) is 0 Å². The molecule has 1 aromatic carbocycles. The number of hydrogen-bond acceptors (Lipinski definition) is 3. The minimum Gasteiger partial charge on any atom is -0.394 e. The van der Waals surface area contributed by atoms with Crippen molar-refractivity contribution in [1.82, 2.24) is 0 Å². The molecule has 20 heavy (non-hydrogen) atoms. The van der Waals surface area contributed by atoms with E-state index in [1.54, 1.807) is 0 Å². The summed E-state index contributed by atoms with van der Waals surface area (Å²) >= 11 is 0. The van der Waals surface area contributed by atoms with Gasteiger partial charge in [-0.05, 0) is 5.56 Å². The third-order valence-electron chi connectivity index (χ3n) is 2.69. The highest BCUT2D eigenvalue weighted by atomic mass is 28.3. The molecule has 3 nitrogen and oxygen atoms in total. The van der Waals surface area contributed by atoms with Crippen LogP contribution in [0.25, 0.3) is 0 Å². The largest absolute Gasteiger partial charge is 0.394 e. The Kier molecular flexibility index (Phi) is 6.96. The molecular weight excluding hydrogens is 268 g/mol. The van der Waals surface area contributed by atoms with Gasteiger partial charge in [0.2, 0.25) is 0 Å². The Bertz CT molecular complexity index is 442. The lowest BCUT2D eigenvalue weighted by Crippen LogP contribution is -2.28. The number of ether oxygens (including phenoxy) is 1. The van der Waals surface area contributed by atoms with Crippen molar-refractivity contribution in [3.63, 3.8) is 0 Å². The molecule has 0 aliphatic rings. The maximum absolute atomic E-state index is 9.79. The van der Waals surface area contributed by atoms with Crippen LogP contribution < -0.4 is 0 Å². The molecule has 4 heteroatoms. The number of rotatable bonds is 6. The van der Waals surface area contributed by atoms with Gasteiger partial charge in [-0.3, -0.25) is 0 Å². The fraction of sp³-hybridized carbons (Fsp3) is 0.500. The third kappa shape index (κ3) is 6.87. The molecule has 1 aromatic rings. The second kappa shape index (κ2) is 8.23. The van der Waals surface area contributed by atoms with E-state index in [1.165, 1.54) is 0 Å². The topological polar surface area (TPSA) is 49.7 Å². The highest BCUT2D eigenvalue weighted by Crippen LogP contribution is 2.08. The lowest BCUT2D eigenvalue weighted by atomic mass is 10.1. The van der Waals surface area contributed by atoms with Crippen LogP contribution >= 0.6 is 0 Å². The van der Waals surface area contributed by atoms with Gasteiger partial charge in [-0.15, -0.1) is 11.5 Å². The molecule has 110 valence electrons. The van der Waals surface area contributed by atoms with Crippen LogP contribution in [0.4, 0.5) is 0 Å². The molecule has 0 aromatic heterocycles. The quantitative estimate of drug-likeness (QED) is 0.623. The molecule has 0 amide bonds. The molecule has 0 bridgehead atoms. The van der Waals surface area contributed by atoms with E-state index in [1.807, 2.05) is 30.3 Å². The van der Waals surface area contributed by atoms with E-state index in [4.69, 9.17) is 9.84 Å². The second-order valence-electron chi connectivity index (χ2n) is 5.88. The van der Waals surface area contributed by atoms with Crippen LogP contribution in [-0.2, 0) is 11.3 Å². The van der Waals surface area contributed by atoms with E-state index >= 15 is 0 Å². The standard InChI is InChI=1S/C16H24O3Si/c1-20(2,3)10-9-15(16(18)11-17)13-19-12-14-7-5-4-6-8-14/h4-8,15-18H,11-13H2,1-3H3/t15-,16+/m1/s1. The summed E-state index contributed by atoms with van der Waals surface area (Å²) in [7, 11) is -1.49. The summed E-state index contributed by atoms with van der Waals surface area (Å²) in [5, 5.41) is 18.9. The van der Waals surface area contributed by atoms with Gasteiger partial charge in [-0.25, -0.2) is 0 Å². The molecule has 0 aliphatic heterocycles. The van der Waals surface area contributed by atoms with Crippen LogP contribution in [-0.4, -0.2) is 37.6 Å². The zero-order valence-corrected chi connectivity index (χ0v) is 13.5. The lowest BCUT2D eigenvalue weighted by Gasteiger charge is -2.17. The Morgan fingerprint density at radius 3 is 2.40 bits per heavy atom. The Hall–Kier alpha value is -1.12. The highest BCUT2D eigenvalue weighted by Gasteiger charge is 2.17. The molecule has 0 fully saturated rings. The Labute approximate surface area is 122 Å². The molecule has 0 saturated heterocycles. The fourth-order valence-corrected chi connectivity index (χ4v) is 2.18. The summed E-state index contributed by atoms with van der Waals surface area (Å²) in [5.41, 5.74) is 4.31. The van der Waals surface area contributed by atoms with Crippen LogP contribution in [0.3, 0.4) is 0 Å². The first kappa shape index (κ1) is 16.9. The predicted molar refractivity (Wildman–Crippen MR) is 83.8 cm³/mol. The molecule has 0 radical (unpaired) electrons. The number of aliphatic hydroxyl groups excluding tert-OH is 2. The highest BCUT2D eigenvalue weighted by molar-refractivity contribution is 6.83. The molecule has 0 saturated carbocycles. The molecule has 0 heterocycles. The van der Waals surface area contributed by atoms with Gasteiger partial charge in [0.05, 0.1) is 31.8 Å². The first-order valence-corrected chi connectivity index (χ1v) is 10.4. The van der Waals surface area contributed by atoms with Crippen molar-refractivity contribution in [2.24, 2.45) is 5.92 Å². The van der Waals surface area contributed by atoms with Gasteiger partial charge < -0.3 is 14.9 Å². The predicted octanol–water partition coefficient (Wildman–Crippen LogP) is 2.05. The van der Waals surface area contributed by atoms with Crippen LogP contribution in [0, 0.1) is 17.4 Å². The average molecular weight is 292 g/mol. The number of benzene rings is 1. The second-order valence-corrected chi connectivity index (χ2v) is 10.6. The van der Waals surface area contributed by atoms with E-state index < -0.39 is 14.2 Å². The van der Waals surface area contributed by atoms with Crippen molar-refractivity contribution in [2.45, 2.75) is 32.4 Å². The van der Waals surface area contributed by atoms with Crippen LogP contribution in [0.1, 0.15) is 5.56 Å². The van der Waals surface area contributed by atoms with Crippen LogP contribution in [0.2, 0.25) is 19.6 Å². The van der Waals surface area contributed by atoms with Gasteiger partial charge >= 0.3 is 0 Å². The zero-order chi connectivity index (χ0) is 15.0. The van der Waals surface area contributed by atoms with Gasteiger partial charge in [0.25, 0.3) is 0 Å². The van der Waals surface area contributed by atoms with E-state index in [-0.39, 0.29) is 12.5 Å². The lowest BCUT2D eigenvalue weighted by molar-refractivity contribution is 0.0159. The first-order valence-electron chi connectivity index (χ1n) is 6.85. The van der Waals surface area contributed by atoms with Crippen molar-refractivity contribution in [3.05, 3.63) is 35.9 Å². The van der Waals surface area contributed by atoms with E-state index in [9.17, 15) is 5.11 Å². The monoisotopic (exact) mass is 292 g/mol. The van der Waals surface area contributed by atoms with Crippen LogP contribution in [0.15, 0.2) is 30.3 Å². The maximum Gasteiger partial charge on any atom is 0.129 e. The summed E-state index contributed by atoms with van der Waals surface area (Å²) in [6.07, 6.45) is -0.852. The molecule has 0 spiro atoms. The summed E-state index contributed by atoms with van der Waals surface area (Å²) in [6.45, 7) is 6.96. The molecule has 2 N–H and O–H groups in total. The van der Waals surface area contributed by atoms with Gasteiger partial charge in [0.15, 0.2) is 0 Å². The summed E-state index contributed by atoms with van der Waals surface area (Å²) < 4.78 is 5.61. The van der Waals surface area contributed by atoms with Crippen LogP contribution in [0.5, 0.6) is 0 Å². The average Bonchev–Trinajstić information content (AvgIpc) is 2.42. The minimum absolute atomic E-state index is 0.292. The van der Waals surface area contributed by atoms with E-state index in [0.717, 1.165) is 5.56 Å². The number of aliphatic hydroxyl groups is 2. The fourth-order valence-electron chi connectivity index (χ4n) is 1.56. The smallest absolute Gasteiger partial charge is 0.129 e. The minimum atomic E-state index is -1.49. The van der Waals surface area contributed by atoms with Gasteiger partial charge in [-0.2, -0.15) is 0 Å². The summed E-state index contributed by atoms with van der Waals surface area (Å²) in [6, 6.07) is 9.87. The summed E-state index contributed by atoms with van der Waals surface area (Å²) in [4.78, 5) is 0. The normalized spacial score (nSPS) is 14.2. The van der Waals surface area contributed by atoms with E-state index in [0.29, 0.717) is 13.2 Å². The van der Waals surface area contributed by atoms with Crippen molar-refractivity contribution in [2.75, 3.05) is 13.2 Å². The van der Waals surface area contributed by atoms with Crippen molar-refractivity contribution < 1.29 is 14.9 Å². The third-order valence-corrected chi connectivity index (χ3v) is 3.59. The number of hydrogen-bond donors (Lipinski definition) is 2. The molecular formula is C16H24O3Si. The Balaban J connectivity index is 2.55.